The van der Waals surface area contributed by atoms with Gasteiger partial charge in [-0.1, -0.05) is 67.5 Å². The second-order valence-electron chi connectivity index (χ2n) is 10.7. The van der Waals surface area contributed by atoms with Gasteiger partial charge in [0.2, 0.25) is 0 Å². The van der Waals surface area contributed by atoms with Gasteiger partial charge in [-0.05, 0) is 77.1 Å². The van der Waals surface area contributed by atoms with Crippen LogP contribution in [0.4, 0.5) is 0 Å². The molecular weight excluding hydrogens is 332 g/mol. The predicted molar refractivity (Wildman–Crippen MR) is 116 cm³/mol. The number of hydrogen-bond acceptors (Lipinski definition) is 2. The maximum Gasteiger partial charge on any atom is 0.114 e. The Morgan fingerprint density at radius 1 is 0.741 bits per heavy atom. The lowest BCUT2D eigenvalue weighted by molar-refractivity contribution is 0.126. The molecule has 2 atom stereocenters. The average Bonchev–Trinajstić information content (AvgIpc) is 2.56. The molecule has 0 amide bonds. The van der Waals surface area contributed by atoms with Crippen LogP contribution in [0.25, 0.3) is 0 Å². The molecule has 0 saturated heterocycles. The molecule has 2 rings (SSSR count). The number of aliphatic hydroxyl groups excluding tert-OH is 2. The lowest BCUT2D eigenvalue weighted by Gasteiger charge is -2.46. The summed E-state index contributed by atoms with van der Waals surface area (Å²) < 4.78 is 0. The van der Waals surface area contributed by atoms with Crippen molar-refractivity contribution in [2.24, 2.45) is 21.7 Å². The van der Waals surface area contributed by atoms with Crippen LogP contribution >= 0.6 is 0 Å². The predicted octanol–water partition coefficient (Wildman–Crippen LogP) is 7.81. The zero-order chi connectivity index (χ0) is 20.7. The Morgan fingerprint density at radius 3 is 1.33 bits per heavy atom. The number of hydrogen-bond donors (Lipinski definition) is 2. The molecule has 0 aliphatic heterocycles. The molecule has 0 aromatic heterocycles. The van der Waals surface area contributed by atoms with Gasteiger partial charge in [-0.25, -0.2) is 0 Å². The molecule has 0 spiro atoms. The summed E-state index contributed by atoms with van der Waals surface area (Å²) in [6.07, 6.45) is 12.6. The van der Waals surface area contributed by atoms with Crippen LogP contribution in [0.15, 0.2) is 47.0 Å². The molecule has 2 nitrogen and oxygen atoms in total. The maximum atomic E-state index is 10.6. The molecule has 0 aromatic rings. The highest BCUT2D eigenvalue weighted by Gasteiger charge is 2.43. The molecule has 0 saturated carbocycles. The fourth-order valence-corrected chi connectivity index (χ4v) is 4.91. The minimum atomic E-state index is 0.0428. The molecule has 27 heavy (non-hydrogen) atoms. The van der Waals surface area contributed by atoms with E-state index in [9.17, 15) is 10.2 Å². The van der Waals surface area contributed by atoms with Gasteiger partial charge >= 0.3 is 0 Å². The Hall–Kier alpha value is -1.44. The van der Waals surface area contributed by atoms with Crippen LogP contribution < -0.4 is 0 Å². The molecular formula is C25H40O2. The Morgan fingerprint density at radius 2 is 1.07 bits per heavy atom. The van der Waals surface area contributed by atoms with Crippen molar-refractivity contribution in [3.8, 4) is 0 Å². The van der Waals surface area contributed by atoms with Gasteiger partial charge in [0.25, 0.3) is 0 Å². The lowest BCUT2D eigenvalue weighted by Crippen LogP contribution is -2.36. The summed E-state index contributed by atoms with van der Waals surface area (Å²) in [7, 11) is 0. The minimum Gasteiger partial charge on any atom is -0.508 e. The third-order valence-corrected chi connectivity index (χ3v) is 7.58. The van der Waals surface area contributed by atoms with E-state index in [2.05, 4.69) is 67.5 Å². The van der Waals surface area contributed by atoms with Crippen LogP contribution in [-0.4, -0.2) is 10.2 Å². The molecule has 0 bridgehead atoms. The van der Waals surface area contributed by atoms with Gasteiger partial charge in [-0.3, -0.25) is 0 Å². The normalized spacial score (nSPS) is 29.6. The summed E-state index contributed by atoms with van der Waals surface area (Å²) in [4.78, 5) is 0. The Labute approximate surface area is 166 Å². The zero-order valence-corrected chi connectivity index (χ0v) is 18.7. The molecule has 0 fully saturated rings. The molecule has 0 heterocycles. The van der Waals surface area contributed by atoms with Crippen LogP contribution in [-0.2, 0) is 0 Å². The van der Waals surface area contributed by atoms with Crippen LogP contribution in [0.2, 0.25) is 0 Å². The quantitative estimate of drug-likeness (QED) is 0.528. The van der Waals surface area contributed by atoms with Gasteiger partial charge in [0.1, 0.15) is 11.5 Å². The Balaban J connectivity index is 2.35. The number of allylic oxidation sites excluding steroid dienone is 6. The van der Waals surface area contributed by atoms with Crippen molar-refractivity contribution in [2.45, 2.75) is 87.5 Å². The van der Waals surface area contributed by atoms with E-state index in [0.717, 1.165) is 36.8 Å². The summed E-state index contributed by atoms with van der Waals surface area (Å²) in [5.41, 5.74) is 2.44. The minimum absolute atomic E-state index is 0.0428. The van der Waals surface area contributed by atoms with Gasteiger partial charge in [0.15, 0.2) is 0 Å². The maximum absolute atomic E-state index is 10.6. The first-order valence-electron chi connectivity index (χ1n) is 10.5. The van der Waals surface area contributed by atoms with Crippen LogP contribution in [0.1, 0.15) is 87.5 Å². The zero-order valence-electron chi connectivity index (χ0n) is 18.7. The van der Waals surface area contributed by atoms with Gasteiger partial charge in [0.05, 0.1) is 0 Å². The van der Waals surface area contributed by atoms with E-state index in [0.29, 0.717) is 17.9 Å². The standard InChI is InChI=1S/C25H40O2/c1-9-24(22(3,4)5)13-11-20(26)18(16-24)15-19-17-25(10-2,23(6,7)8)14-12-21(19)27/h11-14,26-27H,9-10,15-17H2,1-8H3. The van der Waals surface area contributed by atoms with Crippen molar-refractivity contribution >= 4 is 0 Å². The molecule has 2 aliphatic rings. The highest BCUT2D eigenvalue weighted by Crippen LogP contribution is 2.53. The van der Waals surface area contributed by atoms with Gasteiger partial charge in [0, 0.05) is 0 Å². The summed E-state index contributed by atoms with van der Waals surface area (Å²) in [6, 6.07) is 0. The smallest absolute Gasteiger partial charge is 0.114 e. The van der Waals surface area contributed by atoms with E-state index in [1.165, 1.54) is 0 Å². The molecule has 0 aromatic carbocycles. The van der Waals surface area contributed by atoms with Gasteiger partial charge in [-0.15, -0.1) is 0 Å². The summed E-state index contributed by atoms with van der Waals surface area (Å²) in [5, 5.41) is 21.2. The number of aliphatic hydroxyl groups is 2. The molecule has 0 radical (unpaired) electrons. The summed E-state index contributed by atoms with van der Waals surface area (Å²) >= 11 is 0. The second kappa shape index (κ2) is 7.18. The highest BCUT2D eigenvalue weighted by atomic mass is 16.3. The van der Waals surface area contributed by atoms with Crippen molar-refractivity contribution in [1.82, 2.24) is 0 Å². The number of rotatable bonds is 4. The first kappa shape index (κ1) is 21.9. The van der Waals surface area contributed by atoms with E-state index in [1.807, 2.05) is 12.2 Å². The lowest BCUT2D eigenvalue weighted by atomic mass is 9.58. The third-order valence-electron chi connectivity index (χ3n) is 7.58. The first-order valence-corrected chi connectivity index (χ1v) is 10.5. The second-order valence-corrected chi connectivity index (χ2v) is 10.7. The highest BCUT2D eigenvalue weighted by molar-refractivity contribution is 5.37. The molecule has 152 valence electrons. The van der Waals surface area contributed by atoms with Gasteiger partial charge < -0.3 is 10.2 Å². The first-order chi connectivity index (χ1) is 12.3. The SMILES string of the molecule is CCC1(C(C)(C)C)C=CC(O)=C(CC2=C(O)C=CC(CC)(C(C)(C)C)C2)C1. The third kappa shape index (κ3) is 3.91. The fourth-order valence-electron chi connectivity index (χ4n) is 4.91. The summed E-state index contributed by atoms with van der Waals surface area (Å²) in [6.45, 7) is 18.1. The Kier molecular flexibility index (Phi) is 5.82. The summed E-state index contributed by atoms with van der Waals surface area (Å²) in [5.74, 6) is 0.770. The average molecular weight is 373 g/mol. The molecule has 2 N–H and O–H groups in total. The van der Waals surface area contributed by atoms with E-state index >= 15 is 0 Å². The monoisotopic (exact) mass is 372 g/mol. The van der Waals surface area contributed by atoms with Crippen LogP contribution in [0, 0.1) is 21.7 Å². The van der Waals surface area contributed by atoms with E-state index < -0.39 is 0 Å². The Bertz CT molecular complexity index is 631. The van der Waals surface area contributed by atoms with Crippen LogP contribution in [0.5, 0.6) is 0 Å². The van der Waals surface area contributed by atoms with Crippen molar-refractivity contribution in [2.75, 3.05) is 0 Å². The van der Waals surface area contributed by atoms with Crippen molar-refractivity contribution < 1.29 is 10.2 Å². The topological polar surface area (TPSA) is 40.5 Å². The molecule has 2 unspecified atom stereocenters. The van der Waals surface area contributed by atoms with Crippen molar-refractivity contribution in [3.63, 3.8) is 0 Å². The largest absolute Gasteiger partial charge is 0.508 e. The fraction of sp³-hybridized carbons (Fsp3) is 0.680. The van der Waals surface area contributed by atoms with E-state index in [4.69, 9.17) is 0 Å². The van der Waals surface area contributed by atoms with E-state index in [-0.39, 0.29) is 21.7 Å². The van der Waals surface area contributed by atoms with E-state index in [1.54, 1.807) is 0 Å². The van der Waals surface area contributed by atoms with Crippen LogP contribution in [0.3, 0.4) is 0 Å². The molecule has 2 heteroatoms. The van der Waals surface area contributed by atoms with Gasteiger partial charge in [-0.2, -0.15) is 0 Å². The molecule has 2 aliphatic carbocycles. The van der Waals surface area contributed by atoms with Crippen molar-refractivity contribution in [1.29, 1.82) is 0 Å². The van der Waals surface area contributed by atoms with Crippen molar-refractivity contribution in [3.05, 3.63) is 47.0 Å².